The number of nitrogens with one attached hydrogen (secondary N) is 2. The number of guanidine groups is 1. The molecule has 0 radical (unpaired) electrons. The summed E-state index contributed by atoms with van der Waals surface area (Å²) >= 11 is 0. The van der Waals surface area contributed by atoms with E-state index in [0.29, 0.717) is 18.6 Å². The molecule has 0 aromatic heterocycles. The number of hydrogen-bond acceptors (Lipinski definition) is 3. The summed E-state index contributed by atoms with van der Waals surface area (Å²) in [5.41, 5.74) is 1.46. The molecule has 0 unspecified atom stereocenters. The van der Waals surface area contributed by atoms with Gasteiger partial charge >= 0.3 is 0 Å². The summed E-state index contributed by atoms with van der Waals surface area (Å²) in [5.74, 6) is 1.72. The molecule has 0 aliphatic heterocycles. The van der Waals surface area contributed by atoms with Gasteiger partial charge in [0.25, 0.3) is 0 Å². The Balaban J connectivity index is 0.00000364. The van der Waals surface area contributed by atoms with E-state index >= 15 is 0 Å². The zero-order valence-electron chi connectivity index (χ0n) is 16.6. The molecule has 0 amide bonds. The number of ether oxygens (including phenoxy) is 2. The maximum Gasteiger partial charge on any atom is 0.191 e. The predicted octanol–water partition coefficient (Wildman–Crippen LogP) is 4.13. The summed E-state index contributed by atoms with van der Waals surface area (Å²) in [7, 11) is 0. The van der Waals surface area contributed by atoms with E-state index in [2.05, 4.69) is 30.2 Å². The maximum atomic E-state index is 5.72. The fourth-order valence-electron chi connectivity index (χ4n) is 2.83. The Morgan fingerprint density at radius 2 is 2.04 bits per heavy atom. The molecule has 0 heterocycles. The third kappa shape index (κ3) is 8.51. The molecule has 1 aromatic rings. The zero-order valence-corrected chi connectivity index (χ0v) is 19.0. The Labute approximate surface area is 181 Å². The molecule has 0 atom stereocenters. The van der Waals surface area contributed by atoms with Crippen LogP contribution in [-0.2, 0) is 11.3 Å². The van der Waals surface area contributed by atoms with Gasteiger partial charge in [0.15, 0.2) is 5.96 Å². The summed E-state index contributed by atoms with van der Waals surface area (Å²) in [6, 6.07) is 8.01. The van der Waals surface area contributed by atoms with Crippen LogP contribution >= 0.6 is 24.0 Å². The van der Waals surface area contributed by atoms with Crippen molar-refractivity contribution in [2.24, 2.45) is 10.4 Å². The quantitative estimate of drug-likeness (QED) is 0.153. The summed E-state index contributed by atoms with van der Waals surface area (Å²) < 4.78 is 11.2. The van der Waals surface area contributed by atoms with Gasteiger partial charge in [0.1, 0.15) is 12.4 Å². The van der Waals surface area contributed by atoms with Crippen LogP contribution in [0.4, 0.5) is 0 Å². The van der Waals surface area contributed by atoms with Crippen molar-refractivity contribution in [2.45, 2.75) is 39.7 Å². The molecular weight excluding hydrogens is 453 g/mol. The van der Waals surface area contributed by atoms with Crippen LogP contribution in [0, 0.1) is 5.41 Å². The number of halogens is 1. The highest BCUT2D eigenvalue weighted by atomic mass is 127. The van der Waals surface area contributed by atoms with Crippen molar-refractivity contribution in [1.29, 1.82) is 0 Å². The smallest absolute Gasteiger partial charge is 0.191 e. The van der Waals surface area contributed by atoms with Crippen molar-refractivity contribution < 1.29 is 9.47 Å². The summed E-state index contributed by atoms with van der Waals surface area (Å²) in [6.45, 7) is 12.3. The van der Waals surface area contributed by atoms with Crippen LogP contribution in [0.15, 0.2) is 41.9 Å². The second-order valence-corrected chi connectivity index (χ2v) is 6.70. The average molecular weight is 487 g/mol. The number of aliphatic imine (C=N–C) groups is 1. The van der Waals surface area contributed by atoms with Crippen molar-refractivity contribution >= 4 is 29.9 Å². The van der Waals surface area contributed by atoms with Gasteiger partial charge in [-0.15, -0.1) is 24.0 Å². The molecule has 27 heavy (non-hydrogen) atoms. The van der Waals surface area contributed by atoms with Crippen LogP contribution in [-0.4, -0.2) is 38.9 Å². The molecule has 1 saturated carbocycles. The van der Waals surface area contributed by atoms with E-state index in [0.717, 1.165) is 50.0 Å². The molecule has 2 rings (SSSR count). The van der Waals surface area contributed by atoms with Crippen LogP contribution in [0.1, 0.15) is 38.7 Å². The number of nitrogens with zero attached hydrogens (tertiary/aromatic N) is 1. The highest BCUT2D eigenvalue weighted by molar-refractivity contribution is 14.0. The van der Waals surface area contributed by atoms with Gasteiger partial charge < -0.3 is 20.1 Å². The molecule has 0 bridgehead atoms. The van der Waals surface area contributed by atoms with Crippen LogP contribution in [0.25, 0.3) is 0 Å². The van der Waals surface area contributed by atoms with Crippen LogP contribution in [0.5, 0.6) is 5.75 Å². The third-order valence-electron chi connectivity index (χ3n) is 4.65. The van der Waals surface area contributed by atoms with Crippen LogP contribution < -0.4 is 15.4 Å². The van der Waals surface area contributed by atoms with Gasteiger partial charge in [-0.2, -0.15) is 0 Å². The van der Waals surface area contributed by atoms with Gasteiger partial charge in [0.2, 0.25) is 0 Å². The number of hydrogen-bond donors (Lipinski definition) is 2. The van der Waals surface area contributed by atoms with E-state index in [1.54, 1.807) is 6.08 Å². The minimum absolute atomic E-state index is 0. The monoisotopic (exact) mass is 487 g/mol. The Kier molecular flexibility index (Phi) is 11.4. The molecule has 152 valence electrons. The second-order valence-electron chi connectivity index (χ2n) is 6.70. The number of rotatable bonds is 12. The first-order valence-electron chi connectivity index (χ1n) is 9.64. The summed E-state index contributed by atoms with van der Waals surface area (Å²) in [5, 5.41) is 6.84. The fraction of sp³-hybridized carbons (Fsp3) is 0.571. The van der Waals surface area contributed by atoms with Gasteiger partial charge in [-0.05, 0) is 44.6 Å². The SMILES string of the molecule is C=CCOc1ccccc1CN=C(NCC)NCC1(CCOCC)CC1.I. The van der Waals surface area contributed by atoms with Gasteiger partial charge in [-0.25, -0.2) is 4.99 Å². The van der Waals surface area contributed by atoms with Crippen molar-refractivity contribution in [3.63, 3.8) is 0 Å². The van der Waals surface area contributed by atoms with E-state index in [4.69, 9.17) is 14.5 Å². The first-order valence-corrected chi connectivity index (χ1v) is 9.64. The lowest BCUT2D eigenvalue weighted by Gasteiger charge is -2.18. The standard InChI is InChI=1S/C21H33N3O2.HI/c1-4-14-26-19-10-8-7-9-18(19)16-23-20(22-5-2)24-17-21(11-12-21)13-15-25-6-3;/h4,7-10H,1,5-6,11-17H2,2-3H3,(H2,22,23,24);1H. The molecule has 1 fully saturated rings. The lowest BCUT2D eigenvalue weighted by atomic mass is 10.0. The lowest BCUT2D eigenvalue weighted by molar-refractivity contribution is 0.128. The van der Waals surface area contributed by atoms with E-state index in [1.165, 1.54) is 12.8 Å². The van der Waals surface area contributed by atoms with E-state index in [9.17, 15) is 0 Å². The van der Waals surface area contributed by atoms with Gasteiger partial charge in [0.05, 0.1) is 6.54 Å². The van der Waals surface area contributed by atoms with Crippen LogP contribution in [0.3, 0.4) is 0 Å². The molecule has 0 spiro atoms. The molecule has 1 aliphatic rings. The van der Waals surface area contributed by atoms with Crippen molar-refractivity contribution in [1.82, 2.24) is 10.6 Å². The average Bonchev–Trinajstić information content (AvgIpc) is 3.43. The Morgan fingerprint density at radius 1 is 1.26 bits per heavy atom. The molecule has 0 saturated heterocycles. The summed E-state index contributed by atoms with van der Waals surface area (Å²) in [6.07, 6.45) is 5.41. The minimum atomic E-state index is 0. The van der Waals surface area contributed by atoms with Crippen molar-refractivity contribution in [3.8, 4) is 5.75 Å². The van der Waals surface area contributed by atoms with Crippen LogP contribution in [0.2, 0.25) is 0 Å². The first-order chi connectivity index (χ1) is 12.7. The van der Waals surface area contributed by atoms with E-state index in [1.807, 2.05) is 25.1 Å². The summed E-state index contributed by atoms with van der Waals surface area (Å²) in [4.78, 5) is 4.74. The molecule has 6 heteroatoms. The molecular formula is C21H34IN3O2. The third-order valence-corrected chi connectivity index (χ3v) is 4.65. The van der Waals surface area contributed by atoms with Gasteiger partial charge in [-0.3, -0.25) is 0 Å². The lowest BCUT2D eigenvalue weighted by Crippen LogP contribution is -2.40. The van der Waals surface area contributed by atoms with E-state index < -0.39 is 0 Å². The number of benzene rings is 1. The van der Waals surface area contributed by atoms with E-state index in [-0.39, 0.29) is 24.0 Å². The Hall–Kier alpha value is -1.28. The highest BCUT2D eigenvalue weighted by Gasteiger charge is 2.41. The Bertz CT molecular complexity index is 589. The number of para-hydroxylation sites is 1. The zero-order chi connectivity index (χ0) is 18.7. The molecule has 1 aliphatic carbocycles. The molecule has 5 nitrogen and oxygen atoms in total. The predicted molar refractivity (Wildman–Crippen MR) is 123 cm³/mol. The van der Waals surface area contributed by atoms with Gasteiger partial charge in [-0.1, -0.05) is 30.9 Å². The highest BCUT2D eigenvalue weighted by Crippen LogP contribution is 2.48. The minimum Gasteiger partial charge on any atom is -0.489 e. The van der Waals surface area contributed by atoms with Gasteiger partial charge in [0, 0.05) is 31.9 Å². The molecule has 1 aromatic carbocycles. The fourth-order valence-corrected chi connectivity index (χ4v) is 2.83. The second kappa shape index (κ2) is 13.0. The molecule has 2 N–H and O–H groups in total. The Morgan fingerprint density at radius 3 is 2.70 bits per heavy atom. The van der Waals surface area contributed by atoms with Crippen molar-refractivity contribution in [3.05, 3.63) is 42.5 Å². The normalized spacial score (nSPS) is 14.8. The maximum absolute atomic E-state index is 5.72. The largest absolute Gasteiger partial charge is 0.489 e. The first kappa shape index (κ1) is 23.8. The topological polar surface area (TPSA) is 54.9 Å². The van der Waals surface area contributed by atoms with Crippen molar-refractivity contribution in [2.75, 3.05) is 32.9 Å².